The van der Waals surface area contributed by atoms with Crippen molar-refractivity contribution in [3.63, 3.8) is 0 Å². The molecule has 30 heavy (non-hydrogen) atoms. The van der Waals surface area contributed by atoms with E-state index in [1.807, 2.05) is 7.05 Å². The van der Waals surface area contributed by atoms with E-state index in [9.17, 15) is 19.2 Å². The third kappa shape index (κ3) is 12.6. The summed E-state index contributed by atoms with van der Waals surface area (Å²) in [5.74, 6) is 0.342. The highest BCUT2D eigenvalue weighted by Gasteiger charge is 2.23. The zero-order chi connectivity index (χ0) is 22.2. The molecule has 8 nitrogen and oxygen atoms in total. The van der Waals surface area contributed by atoms with Gasteiger partial charge in [0.05, 0.1) is 0 Å². The zero-order valence-electron chi connectivity index (χ0n) is 18.4. The molecule has 1 unspecified atom stereocenters. The fraction of sp³-hybridized carbons (Fsp3) is 0.818. The molecular formula is C22H37NO7. The normalized spacial score (nSPS) is 19.7. The molecule has 1 saturated carbocycles. The summed E-state index contributed by atoms with van der Waals surface area (Å²) in [4.78, 5) is 47.1. The average Bonchev–Trinajstić information content (AvgIpc) is 2.72. The van der Waals surface area contributed by atoms with Gasteiger partial charge in [-0.1, -0.05) is 19.8 Å². The maximum Gasteiger partial charge on any atom is 0.306 e. The van der Waals surface area contributed by atoms with E-state index >= 15 is 0 Å². The van der Waals surface area contributed by atoms with Crippen molar-refractivity contribution in [1.29, 1.82) is 0 Å². The number of hydrogen-bond acceptors (Lipinski definition) is 8. The Labute approximate surface area is 179 Å². The predicted octanol–water partition coefficient (Wildman–Crippen LogP) is 2.52. The summed E-state index contributed by atoms with van der Waals surface area (Å²) in [6.45, 7) is 3.74. The van der Waals surface area contributed by atoms with Crippen molar-refractivity contribution in [1.82, 2.24) is 4.90 Å². The van der Waals surface area contributed by atoms with Gasteiger partial charge in [-0.2, -0.15) is 0 Å². The number of carbonyl (C=O) groups excluding carboxylic acids is 4. The number of rotatable bonds is 16. The minimum absolute atomic E-state index is 0.118. The second kappa shape index (κ2) is 15.8. The summed E-state index contributed by atoms with van der Waals surface area (Å²) in [6, 6.07) is 0. The van der Waals surface area contributed by atoms with Gasteiger partial charge in [-0.05, 0) is 57.7 Å². The molecule has 1 atom stereocenters. The Kier molecular flexibility index (Phi) is 13.8. The highest BCUT2D eigenvalue weighted by atomic mass is 16.6. The van der Waals surface area contributed by atoms with Crippen LogP contribution in [0.4, 0.5) is 0 Å². The Balaban J connectivity index is 2.28. The van der Waals surface area contributed by atoms with Crippen LogP contribution >= 0.6 is 0 Å². The van der Waals surface area contributed by atoms with Crippen LogP contribution in [0.3, 0.4) is 0 Å². The van der Waals surface area contributed by atoms with Crippen LogP contribution in [0.1, 0.15) is 64.7 Å². The van der Waals surface area contributed by atoms with E-state index in [1.54, 1.807) is 0 Å². The van der Waals surface area contributed by atoms with Gasteiger partial charge in [-0.15, -0.1) is 0 Å². The van der Waals surface area contributed by atoms with Gasteiger partial charge in [-0.3, -0.25) is 14.4 Å². The third-order valence-electron chi connectivity index (χ3n) is 5.45. The molecule has 0 aromatic heterocycles. The Morgan fingerprint density at radius 3 is 2.40 bits per heavy atom. The minimum Gasteiger partial charge on any atom is -0.464 e. The fourth-order valence-corrected chi connectivity index (χ4v) is 3.57. The van der Waals surface area contributed by atoms with Gasteiger partial charge < -0.3 is 23.9 Å². The van der Waals surface area contributed by atoms with Crippen molar-refractivity contribution < 1.29 is 33.4 Å². The molecule has 0 N–H and O–H groups in total. The van der Waals surface area contributed by atoms with E-state index in [4.69, 9.17) is 14.2 Å². The molecule has 8 heteroatoms. The average molecular weight is 428 g/mol. The van der Waals surface area contributed by atoms with Crippen LogP contribution in [0.25, 0.3) is 0 Å². The van der Waals surface area contributed by atoms with Crippen LogP contribution in [-0.4, -0.2) is 69.1 Å². The lowest BCUT2D eigenvalue weighted by Gasteiger charge is -2.25. The van der Waals surface area contributed by atoms with E-state index in [0.717, 1.165) is 50.9 Å². The number of esters is 2. The molecule has 0 bridgehead atoms. The smallest absolute Gasteiger partial charge is 0.306 e. The van der Waals surface area contributed by atoms with Crippen molar-refractivity contribution in [3.8, 4) is 0 Å². The Morgan fingerprint density at radius 1 is 1.03 bits per heavy atom. The van der Waals surface area contributed by atoms with E-state index < -0.39 is 12.1 Å². The summed E-state index contributed by atoms with van der Waals surface area (Å²) in [6.07, 6.45) is 6.95. The van der Waals surface area contributed by atoms with Gasteiger partial charge in [0.2, 0.25) is 0 Å². The fourth-order valence-electron chi connectivity index (χ4n) is 3.57. The molecule has 1 aliphatic rings. The van der Waals surface area contributed by atoms with Gasteiger partial charge in [-0.25, -0.2) is 0 Å². The number of nitrogens with zero attached hydrogens (tertiary/aromatic N) is 1. The molecule has 1 aliphatic carbocycles. The van der Waals surface area contributed by atoms with Crippen molar-refractivity contribution in [2.75, 3.05) is 33.4 Å². The number of aldehydes is 1. The third-order valence-corrected chi connectivity index (χ3v) is 5.45. The molecule has 0 aromatic rings. The van der Waals surface area contributed by atoms with Gasteiger partial charge in [0.15, 0.2) is 6.10 Å². The first kappa shape index (κ1) is 26.1. The van der Waals surface area contributed by atoms with Crippen LogP contribution in [0.15, 0.2) is 0 Å². The quantitative estimate of drug-likeness (QED) is 0.160. The van der Waals surface area contributed by atoms with Gasteiger partial charge in [0.25, 0.3) is 6.47 Å². The monoisotopic (exact) mass is 427 g/mol. The van der Waals surface area contributed by atoms with Crippen LogP contribution in [-0.2, 0) is 33.4 Å². The summed E-state index contributed by atoms with van der Waals surface area (Å²) in [5.41, 5.74) is 0. The molecule has 1 fully saturated rings. The van der Waals surface area contributed by atoms with E-state index in [2.05, 4.69) is 11.8 Å². The Morgan fingerprint density at radius 2 is 1.73 bits per heavy atom. The first-order chi connectivity index (χ1) is 14.4. The standard InChI is InChI=1S/C22H37NO7/c1-18-7-9-19(10-8-18)14-22(27)29-16-20(15-28-17-25)30-21(26)6-5-12-23(2)11-3-4-13-24/h13,17-20H,3-12,14-16H2,1-2H3. The summed E-state index contributed by atoms with van der Waals surface area (Å²) >= 11 is 0. The number of carbonyl (C=O) groups is 4. The van der Waals surface area contributed by atoms with Crippen molar-refractivity contribution in [2.24, 2.45) is 11.8 Å². The van der Waals surface area contributed by atoms with Crippen LogP contribution < -0.4 is 0 Å². The van der Waals surface area contributed by atoms with E-state index in [0.29, 0.717) is 31.7 Å². The van der Waals surface area contributed by atoms with Crippen LogP contribution in [0.5, 0.6) is 0 Å². The Bertz CT molecular complexity index is 518. The zero-order valence-corrected chi connectivity index (χ0v) is 18.4. The van der Waals surface area contributed by atoms with Crippen molar-refractivity contribution >= 4 is 24.7 Å². The molecule has 1 rings (SSSR count). The molecule has 0 aliphatic heterocycles. The van der Waals surface area contributed by atoms with Crippen molar-refractivity contribution in [2.45, 2.75) is 70.8 Å². The number of hydrogen-bond donors (Lipinski definition) is 0. The second-order valence-corrected chi connectivity index (χ2v) is 8.27. The summed E-state index contributed by atoms with van der Waals surface area (Å²) in [7, 11) is 1.93. The molecule has 0 amide bonds. The largest absolute Gasteiger partial charge is 0.464 e. The first-order valence-corrected chi connectivity index (χ1v) is 11.0. The number of unbranched alkanes of at least 4 members (excludes halogenated alkanes) is 1. The number of ether oxygens (including phenoxy) is 3. The molecular weight excluding hydrogens is 390 g/mol. The first-order valence-electron chi connectivity index (χ1n) is 11.0. The van der Waals surface area contributed by atoms with Crippen LogP contribution in [0.2, 0.25) is 0 Å². The van der Waals surface area contributed by atoms with Crippen LogP contribution in [0, 0.1) is 11.8 Å². The molecule has 0 aromatic carbocycles. The maximum absolute atomic E-state index is 12.1. The highest BCUT2D eigenvalue weighted by Crippen LogP contribution is 2.30. The summed E-state index contributed by atoms with van der Waals surface area (Å²) < 4.78 is 15.3. The predicted molar refractivity (Wildman–Crippen MR) is 111 cm³/mol. The van der Waals surface area contributed by atoms with Gasteiger partial charge >= 0.3 is 11.9 Å². The van der Waals surface area contributed by atoms with Gasteiger partial charge in [0, 0.05) is 19.3 Å². The SMILES string of the molecule is CC1CCC(CC(=O)OCC(COC=O)OC(=O)CCCN(C)CCCC=O)CC1. The van der Waals surface area contributed by atoms with E-state index in [1.165, 1.54) is 0 Å². The molecule has 0 saturated heterocycles. The molecule has 0 heterocycles. The second-order valence-electron chi connectivity index (χ2n) is 8.27. The topological polar surface area (TPSA) is 99.2 Å². The van der Waals surface area contributed by atoms with Crippen molar-refractivity contribution in [3.05, 3.63) is 0 Å². The maximum atomic E-state index is 12.1. The lowest BCUT2D eigenvalue weighted by molar-refractivity contribution is -0.164. The molecule has 172 valence electrons. The van der Waals surface area contributed by atoms with E-state index in [-0.39, 0.29) is 32.1 Å². The highest BCUT2D eigenvalue weighted by molar-refractivity contribution is 5.70. The minimum atomic E-state index is -0.802. The Hall–Kier alpha value is -1.96. The molecule has 0 spiro atoms. The lowest BCUT2D eigenvalue weighted by atomic mass is 9.81. The lowest BCUT2D eigenvalue weighted by Crippen LogP contribution is -2.30. The molecule has 0 radical (unpaired) electrons. The van der Waals surface area contributed by atoms with Gasteiger partial charge in [0.1, 0.15) is 19.5 Å². The summed E-state index contributed by atoms with van der Waals surface area (Å²) in [5, 5.41) is 0.